The van der Waals surface area contributed by atoms with Gasteiger partial charge < -0.3 is 11.1 Å². The predicted octanol–water partition coefficient (Wildman–Crippen LogP) is 1.15. The second kappa shape index (κ2) is 3.41. The van der Waals surface area contributed by atoms with E-state index < -0.39 is 5.82 Å². The molecule has 0 radical (unpaired) electrons. The van der Waals surface area contributed by atoms with Crippen LogP contribution in [0.2, 0.25) is 0 Å². The molecule has 0 bridgehead atoms. The van der Waals surface area contributed by atoms with Crippen LogP contribution in [-0.2, 0) is 0 Å². The minimum Gasteiger partial charge on any atom is -0.351 e. The van der Waals surface area contributed by atoms with E-state index in [1.165, 1.54) is 0 Å². The van der Waals surface area contributed by atoms with Crippen molar-refractivity contribution < 1.29 is 4.39 Å². The Morgan fingerprint density at radius 2 is 2.07 bits per heavy atom. The summed E-state index contributed by atoms with van der Waals surface area (Å²) in [4.78, 5) is 7.71. The second-order valence-electron chi connectivity index (χ2n) is 4.59. The van der Waals surface area contributed by atoms with Gasteiger partial charge in [-0.05, 0) is 6.42 Å². The number of nitrogens with two attached hydrogens (primary N) is 1. The first-order valence-corrected chi connectivity index (χ1v) is 5.00. The first-order valence-electron chi connectivity index (χ1n) is 5.00. The zero-order valence-electron chi connectivity index (χ0n) is 8.87. The molecule has 1 aromatic heterocycles. The van der Waals surface area contributed by atoms with E-state index in [-0.39, 0.29) is 17.5 Å². The molecule has 1 aromatic rings. The van der Waals surface area contributed by atoms with Crippen LogP contribution in [0, 0.1) is 11.2 Å². The summed E-state index contributed by atoms with van der Waals surface area (Å²) in [6.07, 6.45) is 3.20. The van der Waals surface area contributed by atoms with Crippen LogP contribution in [0.1, 0.15) is 20.3 Å². The van der Waals surface area contributed by atoms with E-state index in [2.05, 4.69) is 29.1 Å². The van der Waals surface area contributed by atoms with Crippen molar-refractivity contribution in [3.63, 3.8) is 0 Å². The van der Waals surface area contributed by atoms with Crippen LogP contribution < -0.4 is 11.1 Å². The smallest absolute Gasteiger partial charge is 0.223 e. The number of hydrogen-bond donors (Lipinski definition) is 2. The molecule has 5 heteroatoms. The molecule has 0 amide bonds. The Bertz CT molecular complexity index is 349. The van der Waals surface area contributed by atoms with Crippen LogP contribution in [-0.4, -0.2) is 22.1 Å². The molecule has 1 aliphatic carbocycles. The third-order valence-corrected chi connectivity index (χ3v) is 3.27. The van der Waals surface area contributed by atoms with Crippen molar-refractivity contribution in [1.29, 1.82) is 0 Å². The lowest BCUT2D eigenvalue weighted by Gasteiger charge is -2.50. The normalized spacial score (nSPS) is 28.3. The molecule has 3 N–H and O–H groups in total. The SMILES string of the molecule is CC1(C)C(N)CC1Nc1ncc(F)cn1. The van der Waals surface area contributed by atoms with Crippen molar-refractivity contribution in [2.24, 2.45) is 11.1 Å². The van der Waals surface area contributed by atoms with Crippen molar-refractivity contribution in [3.8, 4) is 0 Å². The standard InChI is InChI=1S/C10H15FN4/c1-10(2)7(12)3-8(10)15-9-13-4-6(11)5-14-9/h4-5,7-8H,3,12H2,1-2H3,(H,13,14,15). The Balaban J connectivity index is 2.02. The number of rotatable bonds is 2. The van der Waals surface area contributed by atoms with Crippen molar-refractivity contribution >= 4 is 5.95 Å². The molecule has 0 spiro atoms. The van der Waals surface area contributed by atoms with Gasteiger partial charge in [-0.3, -0.25) is 0 Å². The van der Waals surface area contributed by atoms with Gasteiger partial charge >= 0.3 is 0 Å². The molecule has 82 valence electrons. The molecule has 1 saturated carbocycles. The molecular formula is C10H15FN4. The van der Waals surface area contributed by atoms with Gasteiger partial charge in [-0.15, -0.1) is 0 Å². The average Bonchev–Trinajstić information content (AvgIpc) is 2.21. The van der Waals surface area contributed by atoms with Gasteiger partial charge in [0.15, 0.2) is 5.82 Å². The summed E-state index contributed by atoms with van der Waals surface area (Å²) in [5.74, 6) is 0.0338. The lowest BCUT2D eigenvalue weighted by molar-refractivity contribution is 0.116. The summed E-state index contributed by atoms with van der Waals surface area (Å²) in [5.41, 5.74) is 5.92. The quantitative estimate of drug-likeness (QED) is 0.768. The van der Waals surface area contributed by atoms with E-state index in [1.54, 1.807) is 0 Å². The number of halogens is 1. The molecule has 0 aliphatic heterocycles. The number of nitrogens with one attached hydrogen (secondary N) is 1. The van der Waals surface area contributed by atoms with Crippen LogP contribution in [0.15, 0.2) is 12.4 Å². The van der Waals surface area contributed by atoms with Crippen LogP contribution in [0.3, 0.4) is 0 Å². The fourth-order valence-corrected chi connectivity index (χ4v) is 1.75. The van der Waals surface area contributed by atoms with Crippen molar-refractivity contribution in [2.45, 2.75) is 32.4 Å². The highest BCUT2D eigenvalue weighted by Crippen LogP contribution is 2.40. The summed E-state index contributed by atoms with van der Waals surface area (Å²) < 4.78 is 12.6. The topological polar surface area (TPSA) is 63.8 Å². The monoisotopic (exact) mass is 210 g/mol. The molecule has 1 fully saturated rings. The van der Waals surface area contributed by atoms with Gasteiger partial charge in [0.25, 0.3) is 0 Å². The molecule has 0 aromatic carbocycles. The van der Waals surface area contributed by atoms with E-state index in [1.807, 2.05) is 0 Å². The Morgan fingerprint density at radius 1 is 1.47 bits per heavy atom. The van der Waals surface area contributed by atoms with E-state index in [4.69, 9.17) is 5.73 Å². The summed E-state index contributed by atoms with van der Waals surface area (Å²) in [6, 6.07) is 0.466. The van der Waals surface area contributed by atoms with E-state index >= 15 is 0 Å². The molecule has 1 aliphatic rings. The Hall–Kier alpha value is -1.23. The molecule has 2 unspecified atom stereocenters. The highest BCUT2D eigenvalue weighted by atomic mass is 19.1. The molecule has 2 rings (SSSR count). The fourth-order valence-electron chi connectivity index (χ4n) is 1.75. The summed E-state index contributed by atoms with van der Waals surface area (Å²) in [5, 5.41) is 3.16. The molecular weight excluding hydrogens is 195 g/mol. The number of hydrogen-bond acceptors (Lipinski definition) is 4. The van der Waals surface area contributed by atoms with Crippen molar-refractivity contribution in [2.75, 3.05) is 5.32 Å². The van der Waals surface area contributed by atoms with Gasteiger partial charge in [0.2, 0.25) is 5.95 Å². The first-order chi connectivity index (χ1) is 7.00. The molecule has 15 heavy (non-hydrogen) atoms. The number of anilines is 1. The zero-order valence-corrected chi connectivity index (χ0v) is 8.87. The molecule has 0 saturated heterocycles. The van der Waals surface area contributed by atoms with Crippen LogP contribution >= 0.6 is 0 Å². The fraction of sp³-hybridized carbons (Fsp3) is 0.600. The lowest BCUT2D eigenvalue weighted by Crippen LogP contribution is -2.61. The van der Waals surface area contributed by atoms with Gasteiger partial charge in [-0.1, -0.05) is 13.8 Å². The van der Waals surface area contributed by atoms with Crippen LogP contribution in [0.25, 0.3) is 0 Å². The first kappa shape index (κ1) is 10.3. The van der Waals surface area contributed by atoms with E-state index in [0.29, 0.717) is 5.95 Å². The molecule has 4 nitrogen and oxygen atoms in total. The summed E-state index contributed by atoms with van der Waals surface area (Å²) in [6.45, 7) is 4.20. The highest BCUT2D eigenvalue weighted by Gasteiger charge is 2.46. The van der Waals surface area contributed by atoms with Gasteiger partial charge in [0.1, 0.15) is 0 Å². The molecule has 1 heterocycles. The predicted molar refractivity (Wildman–Crippen MR) is 55.8 cm³/mol. The lowest BCUT2D eigenvalue weighted by atomic mass is 9.63. The Kier molecular flexibility index (Phi) is 2.34. The number of aromatic nitrogens is 2. The highest BCUT2D eigenvalue weighted by molar-refractivity contribution is 5.29. The number of nitrogens with zero attached hydrogens (tertiary/aromatic N) is 2. The zero-order chi connectivity index (χ0) is 11.1. The van der Waals surface area contributed by atoms with Crippen LogP contribution in [0.4, 0.5) is 10.3 Å². The van der Waals surface area contributed by atoms with E-state index in [9.17, 15) is 4.39 Å². The third-order valence-electron chi connectivity index (χ3n) is 3.27. The largest absolute Gasteiger partial charge is 0.351 e. The maximum absolute atomic E-state index is 12.6. The average molecular weight is 210 g/mol. The van der Waals surface area contributed by atoms with Gasteiger partial charge in [-0.2, -0.15) is 0 Å². The van der Waals surface area contributed by atoms with Gasteiger partial charge in [0, 0.05) is 17.5 Å². The van der Waals surface area contributed by atoms with Crippen molar-refractivity contribution in [1.82, 2.24) is 9.97 Å². The Labute approximate surface area is 88.1 Å². The maximum Gasteiger partial charge on any atom is 0.223 e. The molecule has 2 atom stereocenters. The van der Waals surface area contributed by atoms with E-state index in [0.717, 1.165) is 18.8 Å². The summed E-state index contributed by atoms with van der Waals surface area (Å²) >= 11 is 0. The summed E-state index contributed by atoms with van der Waals surface area (Å²) in [7, 11) is 0. The van der Waals surface area contributed by atoms with Crippen LogP contribution in [0.5, 0.6) is 0 Å². The second-order valence-corrected chi connectivity index (χ2v) is 4.59. The third kappa shape index (κ3) is 1.79. The van der Waals surface area contributed by atoms with Gasteiger partial charge in [-0.25, -0.2) is 14.4 Å². The minimum atomic E-state index is -0.426. The van der Waals surface area contributed by atoms with Gasteiger partial charge in [0.05, 0.1) is 12.4 Å². The Morgan fingerprint density at radius 3 is 2.53 bits per heavy atom. The maximum atomic E-state index is 12.6. The van der Waals surface area contributed by atoms with Crippen molar-refractivity contribution in [3.05, 3.63) is 18.2 Å². The minimum absolute atomic E-state index is 0.0394.